The van der Waals surface area contributed by atoms with E-state index in [-0.39, 0.29) is 5.91 Å². The lowest BCUT2D eigenvalue weighted by Crippen LogP contribution is -2.30. The Bertz CT molecular complexity index is 1010. The van der Waals surface area contributed by atoms with E-state index in [1.807, 2.05) is 36.4 Å². The SMILES string of the molecule is O=C(c1ccccc1)N(Cc1ccco1)c1nc2ccc(Cl)cc2s1. The zero-order chi connectivity index (χ0) is 17.2. The average molecular weight is 369 g/mol. The third-order valence-corrected chi connectivity index (χ3v) is 5.01. The number of hydrogen-bond donors (Lipinski definition) is 0. The van der Waals surface area contributed by atoms with Gasteiger partial charge in [-0.2, -0.15) is 0 Å². The van der Waals surface area contributed by atoms with Gasteiger partial charge in [-0.15, -0.1) is 0 Å². The fraction of sp³-hybridized carbons (Fsp3) is 0.0526. The van der Waals surface area contributed by atoms with Crippen LogP contribution < -0.4 is 4.90 Å². The van der Waals surface area contributed by atoms with E-state index in [4.69, 9.17) is 16.0 Å². The molecule has 0 saturated heterocycles. The van der Waals surface area contributed by atoms with Crippen molar-refractivity contribution in [1.29, 1.82) is 0 Å². The molecular weight excluding hydrogens is 356 g/mol. The minimum absolute atomic E-state index is 0.123. The highest BCUT2D eigenvalue weighted by Gasteiger charge is 2.22. The van der Waals surface area contributed by atoms with Gasteiger partial charge in [0, 0.05) is 10.6 Å². The molecule has 0 spiro atoms. The van der Waals surface area contributed by atoms with Crippen molar-refractivity contribution in [3.05, 3.63) is 83.3 Å². The third-order valence-electron chi connectivity index (χ3n) is 3.73. The van der Waals surface area contributed by atoms with Crippen molar-refractivity contribution in [2.75, 3.05) is 4.90 Å². The van der Waals surface area contributed by atoms with Gasteiger partial charge in [-0.3, -0.25) is 9.69 Å². The second-order valence-electron chi connectivity index (χ2n) is 5.45. The van der Waals surface area contributed by atoms with Crippen LogP contribution in [0.1, 0.15) is 16.1 Å². The average Bonchev–Trinajstić information content (AvgIpc) is 3.28. The van der Waals surface area contributed by atoms with E-state index in [1.165, 1.54) is 11.3 Å². The van der Waals surface area contributed by atoms with Crippen LogP contribution in [0.25, 0.3) is 10.2 Å². The number of furan rings is 1. The molecule has 0 radical (unpaired) electrons. The maximum Gasteiger partial charge on any atom is 0.260 e. The number of nitrogens with zero attached hydrogens (tertiary/aromatic N) is 2. The topological polar surface area (TPSA) is 46.3 Å². The summed E-state index contributed by atoms with van der Waals surface area (Å²) in [5, 5.41) is 1.26. The Balaban J connectivity index is 1.77. The summed E-state index contributed by atoms with van der Waals surface area (Å²) in [4.78, 5) is 19.3. The number of carbonyl (C=O) groups excluding carboxylic acids is 1. The van der Waals surface area contributed by atoms with Crippen molar-refractivity contribution in [3.8, 4) is 0 Å². The van der Waals surface area contributed by atoms with Crippen molar-refractivity contribution in [3.63, 3.8) is 0 Å². The van der Waals surface area contributed by atoms with E-state index < -0.39 is 0 Å². The monoisotopic (exact) mass is 368 g/mol. The lowest BCUT2D eigenvalue weighted by atomic mass is 10.2. The van der Waals surface area contributed by atoms with Crippen molar-refractivity contribution < 1.29 is 9.21 Å². The lowest BCUT2D eigenvalue weighted by Gasteiger charge is -2.18. The fourth-order valence-corrected chi connectivity index (χ4v) is 3.76. The molecule has 0 atom stereocenters. The molecule has 6 heteroatoms. The molecule has 0 N–H and O–H groups in total. The molecule has 1 amide bonds. The number of anilines is 1. The van der Waals surface area contributed by atoms with Crippen LogP contribution in [0.2, 0.25) is 5.02 Å². The molecule has 0 saturated carbocycles. The molecule has 0 aliphatic heterocycles. The zero-order valence-corrected chi connectivity index (χ0v) is 14.6. The first-order chi connectivity index (χ1) is 12.2. The quantitative estimate of drug-likeness (QED) is 0.485. The molecule has 0 aliphatic rings. The summed E-state index contributed by atoms with van der Waals surface area (Å²) in [6, 6.07) is 18.3. The summed E-state index contributed by atoms with van der Waals surface area (Å²) < 4.78 is 6.36. The molecule has 0 aliphatic carbocycles. The van der Waals surface area contributed by atoms with Gasteiger partial charge in [0.2, 0.25) is 0 Å². The van der Waals surface area contributed by atoms with Gasteiger partial charge in [0.05, 0.1) is 23.0 Å². The summed E-state index contributed by atoms with van der Waals surface area (Å²) in [5.41, 5.74) is 1.42. The van der Waals surface area contributed by atoms with Crippen LogP contribution in [0, 0.1) is 0 Å². The Morgan fingerprint density at radius 1 is 1.12 bits per heavy atom. The Labute approximate surface area is 153 Å². The van der Waals surface area contributed by atoms with Gasteiger partial charge in [-0.25, -0.2) is 4.98 Å². The van der Waals surface area contributed by atoms with Crippen LogP contribution in [0.5, 0.6) is 0 Å². The number of aromatic nitrogens is 1. The number of carbonyl (C=O) groups is 1. The van der Waals surface area contributed by atoms with E-state index in [2.05, 4.69) is 4.98 Å². The maximum absolute atomic E-state index is 13.0. The van der Waals surface area contributed by atoms with Crippen LogP contribution in [0.4, 0.5) is 5.13 Å². The minimum atomic E-state index is -0.123. The highest BCUT2D eigenvalue weighted by molar-refractivity contribution is 7.22. The molecule has 0 unspecified atom stereocenters. The number of amides is 1. The summed E-state index contributed by atoms with van der Waals surface area (Å²) in [6.45, 7) is 0.314. The highest BCUT2D eigenvalue weighted by atomic mass is 35.5. The predicted molar refractivity (Wildman–Crippen MR) is 100 cm³/mol. The lowest BCUT2D eigenvalue weighted by molar-refractivity contribution is 0.0983. The largest absolute Gasteiger partial charge is 0.467 e. The second-order valence-corrected chi connectivity index (χ2v) is 6.89. The van der Waals surface area contributed by atoms with Crippen molar-refractivity contribution in [2.24, 2.45) is 0 Å². The van der Waals surface area contributed by atoms with Crippen molar-refractivity contribution in [2.45, 2.75) is 6.54 Å². The van der Waals surface area contributed by atoms with Gasteiger partial charge in [-0.1, -0.05) is 41.1 Å². The third kappa shape index (κ3) is 3.29. The second kappa shape index (κ2) is 6.70. The molecule has 124 valence electrons. The normalized spacial score (nSPS) is 10.9. The minimum Gasteiger partial charge on any atom is -0.467 e. The first-order valence-corrected chi connectivity index (χ1v) is 8.85. The molecule has 2 aromatic heterocycles. The van der Waals surface area contributed by atoms with Gasteiger partial charge < -0.3 is 4.42 Å². The van der Waals surface area contributed by atoms with Crippen LogP contribution in [-0.4, -0.2) is 10.9 Å². The molecule has 2 heterocycles. The molecule has 0 bridgehead atoms. The van der Waals surface area contributed by atoms with E-state index in [0.717, 1.165) is 10.2 Å². The fourth-order valence-electron chi connectivity index (χ4n) is 2.52. The van der Waals surface area contributed by atoms with E-state index >= 15 is 0 Å². The van der Waals surface area contributed by atoms with Crippen molar-refractivity contribution in [1.82, 2.24) is 4.98 Å². The first-order valence-electron chi connectivity index (χ1n) is 7.66. The van der Waals surface area contributed by atoms with Gasteiger partial charge >= 0.3 is 0 Å². The maximum atomic E-state index is 13.0. The predicted octanol–water partition coefficient (Wildman–Crippen LogP) is 5.39. The summed E-state index contributed by atoms with van der Waals surface area (Å²) in [7, 11) is 0. The van der Waals surface area contributed by atoms with Crippen LogP contribution in [0.15, 0.2) is 71.3 Å². The van der Waals surface area contributed by atoms with E-state index in [1.54, 1.807) is 35.4 Å². The van der Waals surface area contributed by atoms with E-state index in [9.17, 15) is 4.79 Å². The Morgan fingerprint density at radius 2 is 1.96 bits per heavy atom. The molecule has 4 rings (SSSR count). The molecular formula is C19H13ClN2O2S. The Morgan fingerprint density at radius 3 is 2.72 bits per heavy atom. The van der Waals surface area contributed by atoms with Crippen molar-refractivity contribution >= 4 is 44.2 Å². The molecule has 4 nitrogen and oxygen atoms in total. The van der Waals surface area contributed by atoms with E-state index in [0.29, 0.717) is 28.0 Å². The first kappa shape index (κ1) is 15.9. The highest BCUT2D eigenvalue weighted by Crippen LogP contribution is 2.32. The molecule has 2 aromatic carbocycles. The number of halogens is 1. The number of hydrogen-bond acceptors (Lipinski definition) is 4. The number of rotatable bonds is 4. The molecule has 4 aromatic rings. The van der Waals surface area contributed by atoms with Crippen LogP contribution >= 0.6 is 22.9 Å². The number of benzene rings is 2. The van der Waals surface area contributed by atoms with Gasteiger partial charge in [0.15, 0.2) is 5.13 Å². The smallest absolute Gasteiger partial charge is 0.260 e. The van der Waals surface area contributed by atoms with Crippen LogP contribution in [0.3, 0.4) is 0 Å². The van der Waals surface area contributed by atoms with Crippen LogP contribution in [-0.2, 0) is 6.54 Å². The Hall–Kier alpha value is -2.63. The summed E-state index contributed by atoms with van der Waals surface area (Å²) in [5.74, 6) is 0.573. The molecule has 0 fully saturated rings. The number of fused-ring (bicyclic) bond motifs is 1. The standard InChI is InChI=1S/C19H13ClN2O2S/c20-14-8-9-16-17(11-14)25-19(21-16)22(12-15-7-4-10-24-15)18(23)13-5-2-1-3-6-13/h1-11H,12H2. The zero-order valence-electron chi connectivity index (χ0n) is 13.1. The summed E-state index contributed by atoms with van der Waals surface area (Å²) >= 11 is 7.50. The summed E-state index contributed by atoms with van der Waals surface area (Å²) in [6.07, 6.45) is 1.60. The number of thiazole rings is 1. The molecule has 25 heavy (non-hydrogen) atoms. The van der Waals surface area contributed by atoms with Gasteiger partial charge in [-0.05, 0) is 42.5 Å². The van der Waals surface area contributed by atoms with Gasteiger partial charge in [0.25, 0.3) is 5.91 Å². The Kier molecular flexibility index (Phi) is 4.26. The van der Waals surface area contributed by atoms with Gasteiger partial charge in [0.1, 0.15) is 5.76 Å².